The fourth-order valence-electron chi connectivity index (χ4n) is 2.84. The van der Waals surface area contributed by atoms with Gasteiger partial charge in [-0.25, -0.2) is 4.79 Å². The van der Waals surface area contributed by atoms with Gasteiger partial charge in [-0.05, 0) is 17.5 Å². The molecule has 1 N–H and O–H groups in total. The van der Waals surface area contributed by atoms with Crippen molar-refractivity contribution in [2.75, 3.05) is 0 Å². The average Bonchev–Trinajstić information content (AvgIpc) is 3.23. The summed E-state index contributed by atoms with van der Waals surface area (Å²) in [4.78, 5) is 25.8. The third-order valence-electron chi connectivity index (χ3n) is 3.98. The van der Waals surface area contributed by atoms with Crippen LogP contribution in [0.1, 0.15) is 10.6 Å². The largest absolute Gasteiger partial charge is 0.478 e. The zero-order valence-electron chi connectivity index (χ0n) is 13.9. The second-order valence-corrected chi connectivity index (χ2v) is 5.56. The van der Waals surface area contributed by atoms with E-state index in [0.29, 0.717) is 0 Å². The minimum Gasteiger partial charge on any atom is -0.478 e. The second-order valence-electron chi connectivity index (χ2n) is 5.56. The number of pyridine rings is 2. The number of imidazole rings is 1. The molecule has 5 aromatic rings. The van der Waals surface area contributed by atoms with Crippen LogP contribution in [0.4, 0.5) is 0 Å². The van der Waals surface area contributed by atoms with Crippen LogP contribution in [0, 0.1) is 0 Å². The number of carboxylic acid groups (broad SMARTS) is 1. The topological polar surface area (TPSA) is 90.1 Å². The summed E-state index contributed by atoms with van der Waals surface area (Å²) in [6.07, 6.45) is 6.35. The molecule has 0 aliphatic carbocycles. The first-order valence-electron chi connectivity index (χ1n) is 7.92. The molecule has 136 valence electrons. The molecule has 0 saturated carbocycles. The Labute approximate surface area is 168 Å². The molecule has 3 heterocycles. The Balaban J connectivity index is 0.000000200. The van der Waals surface area contributed by atoms with Gasteiger partial charge in [0.2, 0.25) is 0 Å². The van der Waals surface area contributed by atoms with Gasteiger partial charge in [-0.15, -0.1) is 0 Å². The van der Waals surface area contributed by atoms with Gasteiger partial charge < -0.3 is 15.1 Å². The molecule has 3 aromatic heterocycles. The van der Waals surface area contributed by atoms with Crippen LogP contribution in [0.2, 0.25) is 0 Å². The number of aromatic carboxylic acids is 1. The Hall–Kier alpha value is -3.11. The van der Waals surface area contributed by atoms with Crippen LogP contribution >= 0.6 is 0 Å². The number of carboxylic acids is 1. The van der Waals surface area contributed by atoms with Gasteiger partial charge in [-0.3, -0.25) is 9.97 Å². The van der Waals surface area contributed by atoms with E-state index >= 15 is 0 Å². The van der Waals surface area contributed by atoms with Crippen molar-refractivity contribution in [2.24, 2.45) is 0 Å². The fraction of sp³-hybridized carbons (Fsp3) is 0. The first-order valence-corrected chi connectivity index (χ1v) is 7.92. The van der Waals surface area contributed by atoms with Crippen LogP contribution < -0.4 is 4.98 Å². The van der Waals surface area contributed by atoms with Crippen LogP contribution in [0.15, 0.2) is 73.3 Å². The summed E-state index contributed by atoms with van der Waals surface area (Å²) in [5.41, 5.74) is 2.05. The molecule has 2 aromatic carbocycles. The van der Waals surface area contributed by atoms with Gasteiger partial charge >= 0.3 is 5.97 Å². The molecular weight excluding hydrogens is 523 g/mol. The van der Waals surface area contributed by atoms with Crippen molar-refractivity contribution in [2.45, 2.75) is 0 Å². The Morgan fingerprint density at radius 3 is 1.78 bits per heavy atom. The number of benzene rings is 2. The number of nitrogens with zero attached hydrogens (tertiary/aromatic N) is 4. The zero-order valence-corrected chi connectivity index (χ0v) is 16.2. The summed E-state index contributed by atoms with van der Waals surface area (Å²) in [6.45, 7) is 0. The van der Waals surface area contributed by atoms with Gasteiger partial charge in [0.05, 0.1) is 11.0 Å². The average molecular weight is 536 g/mol. The molecule has 0 atom stereocenters. The Kier molecular flexibility index (Phi) is 5.57. The van der Waals surface area contributed by atoms with E-state index in [4.69, 9.17) is 5.11 Å². The van der Waals surface area contributed by atoms with Crippen molar-refractivity contribution < 1.29 is 31.0 Å². The third kappa shape index (κ3) is 3.71. The van der Waals surface area contributed by atoms with Crippen molar-refractivity contribution in [3.8, 4) is 0 Å². The normalized spacial score (nSPS) is 10.2. The van der Waals surface area contributed by atoms with E-state index in [1.54, 1.807) is 0 Å². The first-order chi connectivity index (χ1) is 12.7. The molecule has 6 nitrogen and oxygen atoms in total. The van der Waals surface area contributed by atoms with Crippen molar-refractivity contribution in [3.63, 3.8) is 0 Å². The molecule has 0 aliphatic heterocycles. The molecule has 0 fully saturated rings. The van der Waals surface area contributed by atoms with Gasteiger partial charge in [0.15, 0.2) is 0 Å². The molecule has 0 aliphatic rings. The summed E-state index contributed by atoms with van der Waals surface area (Å²) >= 11 is 0. The van der Waals surface area contributed by atoms with Gasteiger partial charge in [0, 0.05) is 55.4 Å². The van der Waals surface area contributed by atoms with Gasteiger partial charge in [-0.1, -0.05) is 48.8 Å². The molecule has 0 unspecified atom stereocenters. The molecule has 27 heavy (non-hydrogen) atoms. The number of fused-ring (bicyclic) bond motifs is 5. The Bertz CT molecular complexity index is 1150. The van der Waals surface area contributed by atoms with Gasteiger partial charge in [0.25, 0.3) is 0 Å². The maximum Gasteiger partial charge on any atom is 0.327 e. The summed E-state index contributed by atoms with van der Waals surface area (Å²) in [5, 5.41) is 12.8. The standard InChI is InChI=1S/C16H10N2.C4H4N2O2.Pt/c1-3-12-7-5-11-6-8-13-4-2-10-18-16(13)14(11)15(12)17-9-1;7-4(8)3-5-1-2-6-3;/h1-10H;1-2H,(H2,5,6,7,8);/p-1. The van der Waals surface area contributed by atoms with Crippen LogP contribution in [0.3, 0.4) is 0 Å². The van der Waals surface area contributed by atoms with Crippen molar-refractivity contribution in [1.29, 1.82) is 0 Å². The van der Waals surface area contributed by atoms with E-state index in [2.05, 4.69) is 56.3 Å². The SMILES string of the molecule is O=C(O)c1ncc[n-]1.[Pt].c1cnc2c(c1)ccc1ccc3cccnc3c12. The minimum absolute atomic E-state index is 0. The van der Waals surface area contributed by atoms with E-state index in [9.17, 15) is 4.79 Å². The molecule has 7 heteroatoms. The number of hydrogen-bond donors (Lipinski definition) is 1. The minimum atomic E-state index is -1.09. The van der Waals surface area contributed by atoms with Gasteiger partial charge in [-0.2, -0.15) is 0 Å². The van der Waals surface area contributed by atoms with E-state index in [0.717, 1.165) is 27.2 Å². The van der Waals surface area contributed by atoms with Crippen LogP contribution in [-0.2, 0) is 21.1 Å². The molecule has 0 spiro atoms. The van der Waals surface area contributed by atoms with Gasteiger partial charge in [0.1, 0.15) is 0 Å². The smallest absolute Gasteiger partial charge is 0.327 e. The summed E-state index contributed by atoms with van der Waals surface area (Å²) in [5.74, 6) is -1.24. The zero-order chi connectivity index (χ0) is 17.9. The maximum absolute atomic E-state index is 9.94. The van der Waals surface area contributed by atoms with Crippen molar-refractivity contribution >= 4 is 38.5 Å². The summed E-state index contributed by atoms with van der Waals surface area (Å²) < 4.78 is 0. The Morgan fingerprint density at radius 2 is 1.33 bits per heavy atom. The van der Waals surface area contributed by atoms with E-state index in [1.165, 1.54) is 17.8 Å². The Morgan fingerprint density at radius 1 is 0.778 bits per heavy atom. The van der Waals surface area contributed by atoms with Crippen LogP contribution in [0.25, 0.3) is 32.6 Å². The predicted octanol–water partition coefficient (Wildman–Crippen LogP) is 3.67. The molecule has 5 rings (SSSR count). The molecule has 0 bridgehead atoms. The molecular formula is C20H13N4O2Pt-. The van der Waals surface area contributed by atoms with E-state index in [1.807, 2.05) is 24.5 Å². The molecule has 0 radical (unpaired) electrons. The predicted molar refractivity (Wildman–Crippen MR) is 99.1 cm³/mol. The first kappa shape index (κ1) is 18.7. The number of rotatable bonds is 1. The fourth-order valence-corrected chi connectivity index (χ4v) is 2.84. The second kappa shape index (κ2) is 8.06. The van der Waals surface area contributed by atoms with E-state index < -0.39 is 5.97 Å². The summed E-state index contributed by atoms with van der Waals surface area (Å²) in [6, 6.07) is 16.6. The number of carbonyl (C=O) groups is 1. The van der Waals surface area contributed by atoms with Crippen LogP contribution in [0.5, 0.6) is 0 Å². The molecule has 0 amide bonds. The number of aromatic nitrogens is 4. The summed E-state index contributed by atoms with van der Waals surface area (Å²) in [7, 11) is 0. The maximum atomic E-state index is 9.94. The molecule has 0 saturated heterocycles. The number of hydrogen-bond acceptors (Lipinski definition) is 4. The quantitative estimate of drug-likeness (QED) is 0.329. The van der Waals surface area contributed by atoms with E-state index in [-0.39, 0.29) is 26.9 Å². The van der Waals surface area contributed by atoms with Crippen LogP contribution in [-0.4, -0.2) is 26.0 Å². The third-order valence-corrected chi connectivity index (χ3v) is 3.98. The van der Waals surface area contributed by atoms with Crippen molar-refractivity contribution in [3.05, 3.63) is 79.1 Å². The van der Waals surface area contributed by atoms with Crippen molar-refractivity contribution in [1.82, 2.24) is 19.9 Å². The monoisotopic (exact) mass is 536 g/mol.